The van der Waals surface area contributed by atoms with Crippen LogP contribution >= 0.6 is 0 Å². The molecule has 108 valence electrons. The quantitative estimate of drug-likeness (QED) is 0.494. The third kappa shape index (κ3) is 1.44. The molecule has 0 atom stereocenters. The van der Waals surface area contributed by atoms with E-state index in [2.05, 4.69) is 30.1 Å². The fourth-order valence-electron chi connectivity index (χ4n) is 3.27. The van der Waals surface area contributed by atoms with Gasteiger partial charge in [0.05, 0.1) is 11.5 Å². The smallest absolute Gasteiger partial charge is 0.231 e. The van der Waals surface area contributed by atoms with Crippen LogP contribution in [0.1, 0.15) is 11.3 Å². The predicted molar refractivity (Wildman–Crippen MR) is 82.5 cm³/mol. The van der Waals surface area contributed by atoms with Crippen molar-refractivity contribution in [1.29, 1.82) is 0 Å². The molecule has 3 aliphatic rings. The molecule has 22 heavy (non-hydrogen) atoms. The van der Waals surface area contributed by atoms with E-state index in [0.717, 1.165) is 50.4 Å². The number of nitrogens with one attached hydrogen (secondary N) is 1. The Morgan fingerprint density at radius 3 is 2.64 bits per heavy atom. The summed E-state index contributed by atoms with van der Waals surface area (Å²) in [6, 6.07) is 10.3. The molecule has 1 aromatic carbocycles. The summed E-state index contributed by atoms with van der Waals surface area (Å²) in [5, 5.41) is 2.24. The summed E-state index contributed by atoms with van der Waals surface area (Å²) in [4.78, 5) is 3.46. The fourth-order valence-corrected chi connectivity index (χ4v) is 3.27. The molecule has 4 nitrogen and oxygen atoms in total. The van der Waals surface area contributed by atoms with Crippen LogP contribution in [0.2, 0.25) is 0 Å². The van der Waals surface area contributed by atoms with E-state index in [1.807, 2.05) is 19.1 Å². The van der Waals surface area contributed by atoms with Crippen molar-refractivity contribution in [2.75, 3.05) is 6.79 Å². The highest BCUT2D eigenvalue weighted by Gasteiger charge is 2.27. The Morgan fingerprint density at radius 1 is 0.955 bits per heavy atom. The Kier molecular flexibility index (Phi) is 2.11. The molecule has 1 aliphatic carbocycles. The molecule has 0 spiro atoms. The normalized spacial score (nSPS) is 13.5. The van der Waals surface area contributed by atoms with Gasteiger partial charge in [0.15, 0.2) is 11.5 Å². The molecule has 2 aromatic rings. The summed E-state index contributed by atoms with van der Waals surface area (Å²) < 4.78 is 17.0. The van der Waals surface area contributed by atoms with Crippen LogP contribution in [0.3, 0.4) is 0 Å². The number of H-pyrrole nitrogens is 1. The second-order valence-corrected chi connectivity index (χ2v) is 5.78. The van der Waals surface area contributed by atoms with Gasteiger partial charge >= 0.3 is 0 Å². The van der Waals surface area contributed by atoms with Gasteiger partial charge in [0.25, 0.3) is 0 Å². The van der Waals surface area contributed by atoms with Crippen LogP contribution in [-0.2, 0) is 0 Å². The monoisotopic (exact) mass is 292 g/mol. The predicted octanol–water partition coefficient (Wildman–Crippen LogP) is 3.85. The lowest BCUT2D eigenvalue weighted by atomic mass is 10.1. The second-order valence-electron chi connectivity index (χ2n) is 5.78. The Balaban J connectivity index is 2.01. The molecular formula is C18H14NO3+. The van der Waals surface area contributed by atoms with Crippen LogP contribution < -0.4 is 14.5 Å². The van der Waals surface area contributed by atoms with Gasteiger partial charge in [-0.2, -0.15) is 0 Å². The van der Waals surface area contributed by atoms with Crippen LogP contribution in [-0.4, -0.2) is 6.79 Å². The number of ether oxygens (including phenoxy) is 2. The maximum absolute atomic E-state index is 6.02. The zero-order valence-corrected chi connectivity index (χ0v) is 12.3. The largest absolute Gasteiger partial charge is 0.460 e. The number of fused-ring (bicyclic) bond motifs is 6. The zero-order valence-electron chi connectivity index (χ0n) is 12.3. The van der Waals surface area contributed by atoms with Crippen molar-refractivity contribution in [3.05, 3.63) is 41.7 Å². The number of benzene rings is 1. The van der Waals surface area contributed by atoms with E-state index in [1.165, 1.54) is 5.56 Å². The number of rotatable bonds is 0. The Morgan fingerprint density at radius 2 is 1.77 bits per heavy atom. The van der Waals surface area contributed by atoms with Crippen molar-refractivity contribution in [2.24, 2.45) is 0 Å². The third-order valence-corrected chi connectivity index (χ3v) is 4.33. The maximum Gasteiger partial charge on any atom is 0.231 e. The molecule has 0 amide bonds. The Hall–Kier alpha value is -2.75. The lowest BCUT2D eigenvalue weighted by Gasteiger charge is -1.94. The van der Waals surface area contributed by atoms with Crippen molar-refractivity contribution in [3.63, 3.8) is 0 Å². The lowest BCUT2D eigenvalue weighted by Crippen LogP contribution is -1.98. The first kappa shape index (κ1) is 11.9. The minimum Gasteiger partial charge on any atom is -0.460 e. The van der Waals surface area contributed by atoms with E-state index in [1.54, 1.807) is 0 Å². The Bertz CT molecular complexity index is 1030. The van der Waals surface area contributed by atoms with Gasteiger partial charge in [0.1, 0.15) is 16.9 Å². The minimum atomic E-state index is 0.280. The summed E-state index contributed by atoms with van der Waals surface area (Å²) in [5.41, 5.74) is 5.28. The molecule has 1 aromatic heterocycles. The molecule has 3 heterocycles. The van der Waals surface area contributed by atoms with E-state index in [0.29, 0.717) is 0 Å². The first-order valence-electron chi connectivity index (χ1n) is 7.29. The number of aromatic nitrogens is 1. The molecule has 0 radical (unpaired) electrons. The van der Waals surface area contributed by atoms with Crippen LogP contribution in [0.15, 0.2) is 34.7 Å². The SMILES string of the molecule is Cc1cc2c(C)ccc3[nH+]c4cc5c(cc4c-3c2o1)OCO5. The highest BCUT2D eigenvalue weighted by molar-refractivity contribution is 6.06. The van der Waals surface area contributed by atoms with Gasteiger partial charge in [-0.3, -0.25) is 0 Å². The number of aromatic amines is 1. The average Bonchev–Trinajstić information content (AvgIpc) is 3.16. The van der Waals surface area contributed by atoms with Crippen molar-refractivity contribution < 1.29 is 18.9 Å². The van der Waals surface area contributed by atoms with Gasteiger partial charge in [-0.25, -0.2) is 4.98 Å². The van der Waals surface area contributed by atoms with Crippen molar-refractivity contribution in [1.82, 2.24) is 0 Å². The Labute approximate surface area is 126 Å². The summed E-state index contributed by atoms with van der Waals surface area (Å²) in [6.45, 7) is 4.36. The van der Waals surface area contributed by atoms with E-state index in [-0.39, 0.29) is 6.79 Å². The van der Waals surface area contributed by atoms with Gasteiger partial charge in [-0.05, 0) is 31.5 Å². The molecule has 5 rings (SSSR count). The highest BCUT2D eigenvalue weighted by Crippen LogP contribution is 2.42. The minimum absolute atomic E-state index is 0.280. The third-order valence-electron chi connectivity index (χ3n) is 4.33. The molecule has 0 fully saturated rings. The number of hydrogen-bond acceptors (Lipinski definition) is 3. The van der Waals surface area contributed by atoms with E-state index >= 15 is 0 Å². The van der Waals surface area contributed by atoms with Crippen LogP contribution in [0.4, 0.5) is 0 Å². The topological polar surface area (TPSA) is 45.7 Å². The van der Waals surface area contributed by atoms with Crippen molar-refractivity contribution in [2.45, 2.75) is 13.8 Å². The molecule has 0 bridgehead atoms. The highest BCUT2D eigenvalue weighted by atomic mass is 16.7. The number of furan rings is 1. The van der Waals surface area contributed by atoms with Crippen LogP contribution in [0.5, 0.6) is 11.5 Å². The summed E-state index contributed by atoms with van der Waals surface area (Å²) >= 11 is 0. The van der Waals surface area contributed by atoms with Crippen molar-refractivity contribution >= 4 is 21.9 Å². The molecular weight excluding hydrogens is 278 g/mol. The van der Waals surface area contributed by atoms with Gasteiger partial charge in [0, 0.05) is 11.5 Å². The molecule has 0 unspecified atom stereocenters. The summed E-state index contributed by atoms with van der Waals surface area (Å²) in [6.07, 6.45) is 0. The van der Waals surface area contributed by atoms with Crippen LogP contribution in [0, 0.1) is 13.8 Å². The average molecular weight is 292 g/mol. The van der Waals surface area contributed by atoms with E-state index < -0.39 is 0 Å². The molecule has 0 saturated heterocycles. The fraction of sp³-hybridized carbons (Fsp3) is 0.167. The zero-order chi connectivity index (χ0) is 14.8. The second kappa shape index (κ2) is 3.91. The van der Waals surface area contributed by atoms with Gasteiger partial charge < -0.3 is 13.9 Å². The molecule has 2 aliphatic heterocycles. The van der Waals surface area contributed by atoms with Gasteiger partial charge in [-0.1, -0.05) is 6.07 Å². The molecule has 4 heteroatoms. The first-order valence-corrected chi connectivity index (χ1v) is 7.29. The number of aryl methyl sites for hydroxylation is 2. The summed E-state index contributed by atoms with van der Waals surface area (Å²) in [5.74, 6) is 2.49. The van der Waals surface area contributed by atoms with Crippen LogP contribution in [0.25, 0.3) is 33.1 Å². The lowest BCUT2D eigenvalue weighted by molar-refractivity contribution is -0.327. The first-order chi connectivity index (χ1) is 10.7. The van der Waals surface area contributed by atoms with Gasteiger partial charge in [0.2, 0.25) is 18.0 Å². The van der Waals surface area contributed by atoms with Crippen molar-refractivity contribution in [3.8, 4) is 22.8 Å². The summed E-state index contributed by atoms with van der Waals surface area (Å²) in [7, 11) is 0. The van der Waals surface area contributed by atoms with E-state index in [9.17, 15) is 0 Å². The van der Waals surface area contributed by atoms with E-state index in [4.69, 9.17) is 13.9 Å². The standard InChI is InChI=1S/C18H13NO3/c1-9-3-4-13-17(18-11(9)5-10(2)22-18)12-6-15-16(21-8-20-15)7-14(12)19-13/h3-7H,8H2,1-2H3/p+1. The van der Waals surface area contributed by atoms with Gasteiger partial charge in [-0.15, -0.1) is 0 Å². The number of hydrogen-bond donors (Lipinski definition) is 0. The molecule has 1 N–H and O–H groups in total. The maximum atomic E-state index is 6.02. The molecule has 0 saturated carbocycles.